The average Bonchev–Trinajstić information content (AvgIpc) is 2.55. The summed E-state index contributed by atoms with van der Waals surface area (Å²) in [6.07, 6.45) is 0. The van der Waals surface area contributed by atoms with Crippen molar-refractivity contribution in [2.24, 2.45) is 0 Å². The summed E-state index contributed by atoms with van der Waals surface area (Å²) >= 11 is 0. The monoisotopic (exact) mass is 293 g/mol. The highest BCUT2D eigenvalue weighted by molar-refractivity contribution is 6.00. The second-order valence-electron chi connectivity index (χ2n) is 5.43. The highest BCUT2D eigenvalue weighted by Crippen LogP contribution is 2.35. The minimum Gasteiger partial charge on any atom is -0.465 e. The van der Waals surface area contributed by atoms with Crippen LogP contribution in [0.15, 0.2) is 24.3 Å². The van der Waals surface area contributed by atoms with Crippen LogP contribution in [0.5, 0.6) is 0 Å². The van der Waals surface area contributed by atoms with Gasteiger partial charge in [0.1, 0.15) is 0 Å². The number of methoxy groups -OCH3 is 1. The number of carbonyl (C=O) groups is 1. The summed E-state index contributed by atoms with van der Waals surface area (Å²) in [5.41, 5.74) is 7.29. The van der Waals surface area contributed by atoms with Crippen LogP contribution in [0.4, 0.5) is 0 Å². The van der Waals surface area contributed by atoms with Gasteiger partial charge in [-0.1, -0.05) is 12.1 Å². The Balaban J connectivity index is 2.83. The molecule has 0 saturated heterocycles. The van der Waals surface area contributed by atoms with E-state index < -0.39 is 0 Å². The van der Waals surface area contributed by atoms with E-state index in [-0.39, 0.29) is 5.97 Å². The number of hydrogen-bond donors (Lipinski definition) is 0. The van der Waals surface area contributed by atoms with Crippen molar-refractivity contribution >= 4 is 5.97 Å². The van der Waals surface area contributed by atoms with Crippen LogP contribution in [0, 0.1) is 39.0 Å². The summed E-state index contributed by atoms with van der Waals surface area (Å²) in [7, 11) is 1.40. The first-order valence-corrected chi connectivity index (χ1v) is 7.11. The average molecular weight is 293 g/mol. The van der Waals surface area contributed by atoms with Gasteiger partial charge in [-0.15, -0.1) is 0 Å². The van der Waals surface area contributed by atoms with Gasteiger partial charge in [0.05, 0.1) is 24.3 Å². The standard InChI is InChI=1S/C19H19NO2/c1-11-12(2)14(4)18(19(21)22-5)17(13(11)3)16-8-6-15(10-20)7-9-16/h6-9H,1-5H3. The van der Waals surface area contributed by atoms with E-state index in [1.54, 1.807) is 12.1 Å². The Morgan fingerprint density at radius 2 is 1.50 bits per heavy atom. The highest BCUT2D eigenvalue weighted by Gasteiger charge is 2.22. The lowest BCUT2D eigenvalue weighted by Gasteiger charge is -2.19. The van der Waals surface area contributed by atoms with Crippen molar-refractivity contribution in [2.45, 2.75) is 27.7 Å². The van der Waals surface area contributed by atoms with Crippen LogP contribution in [0.3, 0.4) is 0 Å². The Hall–Kier alpha value is -2.60. The molecule has 0 aromatic heterocycles. The fraction of sp³-hybridized carbons (Fsp3) is 0.263. The first-order valence-electron chi connectivity index (χ1n) is 7.11. The van der Waals surface area contributed by atoms with Crippen molar-refractivity contribution in [1.29, 1.82) is 5.26 Å². The third-order valence-corrected chi connectivity index (χ3v) is 4.38. The number of esters is 1. The first-order chi connectivity index (χ1) is 10.4. The Kier molecular flexibility index (Phi) is 4.32. The van der Waals surface area contributed by atoms with Gasteiger partial charge >= 0.3 is 5.97 Å². The third kappa shape index (κ3) is 2.48. The summed E-state index contributed by atoms with van der Waals surface area (Å²) in [6, 6.07) is 9.39. The molecule has 2 aromatic rings. The number of nitrogens with zero attached hydrogens (tertiary/aromatic N) is 1. The Morgan fingerprint density at radius 1 is 0.955 bits per heavy atom. The van der Waals surface area contributed by atoms with Gasteiger partial charge in [0.15, 0.2) is 0 Å². The summed E-state index contributed by atoms with van der Waals surface area (Å²) in [5.74, 6) is -0.331. The van der Waals surface area contributed by atoms with Crippen LogP contribution >= 0.6 is 0 Å². The maximum Gasteiger partial charge on any atom is 0.338 e. The number of hydrogen-bond acceptors (Lipinski definition) is 3. The molecule has 2 rings (SSSR count). The molecule has 0 N–H and O–H groups in total. The van der Waals surface area contributed by atoms with Gasteiger partial charge in [0.2, 0.25) is 0 Å². The van der Waals surface area contributed by atoms with Crippen LogP contribution < -0.4 is 0 Å². The molecule has 0 saturated carbocycles. The molecule has 3 nitrogen and oxygen atoms in total. The minimum absolute atomic E-state index is 0.331. The second-order valence-corrected chi connectivity index (χ2v) is 5.43. The van der Waals surface area contributed by atoms with E-state index in [2.05, 4.69) is 13.0 Å². The van der Waals surface area contributed by atoms with E-state index in [0.29, 0.717) is 11.1 Å². The molecule has 0 heterocycles. The first kappa shape index (κ1) is 15.8. The molecule has 112 valence electrons. The summed E-state index contributed by atoms with van der Waals surface area (Å²) in [6.45, 7) is 8.04. The van der Waals surface area contributed by atoms with Gasteiger partial charge in [-0.05, 0) is 73.2 Å². The van der Waals surface area contributed by atoms with Gasteiger partial charge in [-0.3, -0.25) is 0 Å². The van der Waals surface area contributed by atoms with Crippen molar-refractivity contribution in [3.8, 4) is 17.2 Å². The number of benzene rings is 2. The van der Waals surface area contributed by atoms with Gasteiger partial charge in [0, 0.05) is 0 Å². The lowest BCUT2D eigenvalue weighted by atomic mass is 9.85. The van der Waals surface area contributed by atoms with Crippen LogP contribution in [0.2, 0.25) is 0 Å². The lowest BCUT2D eigenvalue weighted by Crippen LogP contribution is -2.10. The highest BCUT2D eigenvalue weighted by atomic mass is 16.5. The molecule has 0 atom stereocenters. The molecule has 0 spiro atoms. The van der Waals surface area contributed by atoms with Crippen LogP contribution in [-0.4, -0.2) is 13.1 Å². The second kappa shape index (κ2) is 6.03. The predicted molar refractivity (Wildman–Crippen MR) is 86.9 cm³/mol. The van der Waals surface area contributed by atoms with E-state index in [1.807, 2.05) is 32.9 Å². The minimum atomic E-state index is -0.331. The SMILES string of the molecule is COC(=O)c1c(C)c(C)c(C)c(C)c1-c1ccc(C#N)cc1. The summed E-state index contributed by atoms with van der Waals surface area (Å²) < 4.78 is 4.98. The molecular formula is C19H19NO2. The molecule has 3 heteroatoms. The fourth-order valence-electron chi connectivity index (χ4n) is 2.74. The fourth-order valence-corrected chi connectivity index (χ4v) is 2.74. The maximum absolute atomic E-state index is 12.3. The zero-order chi connectivity index (χ0) is 16.4. The number of nitriles is 1. The van der Waals surface area contributed by atoms with E-state index in [4.69, 9.17) is 10.00 Å². The van der Waals surface area contributed by atoms with E-state index in [9.17, 15) is 4.79 Å². The number of ether oxygens (including phenoxy) is 1. The topological polar surface area (TPSA) is 50.1 Å². The predicted octanol–water partition coefficient (Wildman–Crippen LogP) is 4.25. The normalized spacial score (nSPS) is 10.2. The number of rotatable bonds is 2. The van der Waals surface area contributed by atoms with Crippen molar-refractivity contribution in [2.75, 3.05) is 7.11 Å². The Labute approximate surface area is 131 Å². The van der Waals surface area contributed by atoms with Crippen molar-refractivity contribution < 1.29 is 9.53 Å². The molecule has 0 bridgehead atoms. The molecule has 0 fully saturated rings. The van der Waals surface area contributed by atoms with E-state index >= 15 is 0 Å². The summed E-state index contributed by atoms with van der Waals surface area (Å²) in [4.78, 5) is 12.3. The maximum atomic E-state index is 12.3. The Morgan fingerprint density at radius 3 is 2.00 bits per heavy atom. The van der Waals surface area contributed by atoms with Gasteiger partial charge in [-0.25, -0.2) is 4.79 Å². The quantitative estimate of drug-likeness (QED) is 0.778. The van der Waals surface area contributed by atoms with Crippen LogP contribution in [-0.2, 0) is 4.74 Å². The zero-order valence-corrected chi connectivity index (χ0v) is 13.6. The molecule has 22 heavy (non-hydrogen) atoms. The summed E-state index contributed by atoms with van der Waals surface area (Å²) in [5, 5.41) is 8.94. The third-order valence-electron chi connectivity index (χ3n) is 4.38. The van der Waals surface area contributed by atoms with Crippen LogP contribution in [0.1, 0.15) is 38.2 Å². The Bertz CT molecular complexity index is 781. The van der Waals surface area contributed by atoms with Crippen molar-refractivity contribution in [1.82, 2.24) is 0 Å². The molecule has 2 aromatic carbocycles. The largest absolute Gasteiger partial charge is 0.465 e. The smallest absolute Gasteiger partial charge is 0.338 e. The lowest BCUT2D eigenvalue weighted by molar-refractivity contribution is 0.0600. The molecule has 0 unspecified atom stereocenters. The van der Waals surface area contributed by atoms with Gasteiger partial charge < -0.3 is 4.74 Å². The van der Waals surface area contributed by atoms with Crippen molar-refractivity contribution in [3.05, 3.63) is 57.6 Å². The zero-order valence-electron chi connectivity index (χ0n) is 13.6. The van der Waals surface area contributed by atoms with Gasteiger partial charge in [0.25, 0.3) is 0 Å². The molecular weight excluding hydrogens is 274 g/mol. The van der Waals surface area contributed by atoms with Crippen molar-refractivity contribution in [3.63, 3.8) is 0 Å². The van der Waals surface area contributed by atoms with Crippen LogP contribution in [0.25, 0.3) is 11.1 Å². The molecule has 0 aliphatic carbocycles. The van der Waals surface area contributed by atoms with E-state index in [0.717, 1.165) is 27.8 Å². The molecule has 0 radical (unpaired) electrons. The number of carbonyl (C=O) groups excluding carboxylic acids is 1. The molecule has 0 aliphatic heterocycles. The van der Waals surface area contributed by atoms with Gasteiger partial charge in [-0.2, -0.15) is 5.26 Å². The van der Waals surface area contributed by atoms with E-state index in [1.165, 1.54) is 12.7 Å². The molecule has 0 amide bonds. The molecule has 0 aliphatic rings.